The van der Waals surface area contributed by atoms with Gasteiger partial charge in [-0.1, -0.05) is 34.5 Å². The summed E-state index contributed by atoms with van der Waals surface area (Å²) < 4.78 is 1.05. The SMILES string of the molecule is N#CC(=C1CCCCCN1)c1nc(-c2ccc(Br)cc2)cs1. The molecule has 0 saturated carbocycles. The standard InChI is InChI=1S/C17H16BrN3S/c18-13-7-5-12(6-8-13)16-11-22-17(21-16)14(10-19)15-4-2-1-3-9-20-15/h5-8,11,20H,1-4,9H2. The van der Waals surface area contributed by atoms with Crippen LogP contribution in [-0.4, -0.2) is 11.5 Å². The molecule has 2 heterocycles. The highest BCUT2D eigenvalue weighted by Gasteiger charge is 2.15. The zero-order valence-electron chi connectivity index (χ0n) is 12.1. The van der Waals surface area contributed by atoms with Crippen LogP contribution in [0.2, 0.25) is 0 Å². The second-order valence-electron chi connectivity index (χ2n) is 5.25. The van der Waals surface area contributed by atoms with Gasteiger partial charge in [-0.05, 0) is 31.4 Å². The summed E-state index contributed by atoms with van der Waals surface area (Å²) in [6.07, 6.45) is 4.47. The second kappa shape index (κ2) is 7.08. The van der Waals surface area contributed by atoms with Crippen molar-refractivity contribution in [2.24, 2.45) is 0 Å². The van der Waals surface area contributed by atoms with Crippen molar-refractivity contribution in [3.63, 3.8) is 0 Å². The van der Waals surface area contributed by atoms with E-state index in [1.807, 2.05) is 29.6 Å². The Hall–Kier alpha value is -1.64. The molecule has 1 aliphatic rings. The Balaban J connectivity index is 1.93. The molecule has 1 aromatic heterocycles. The zero-order valence-corrected chi connectivity index (χ0v) is 14.5. The topological polar surface area (TPSA) is 48.7 Å². The van der Waals surface area contributed by atoms with Crippen molar-refractivity contribution >= 4 is 32.8 Å². The Labute approximate surface area is 142 Å². The van der Waals surface area contributed by atoms with Gasteiger partial charge < -0.3 is 5.32 Å². The number of allylic oxidation sites excluding steroid dienone is 2. The molecule has 1 saturated heterocycles. The van der Waals surface area contributed by atoms with Gasteiger partial charge in [0.15, 0.2) is 0 Å². The van der Waals surface area contributed by atoms with Crippen molar-refractivity contribution in [2.45, 2.75) is 25.7 Å². The third-order valence-corrected chi connectivity index (χ3v) is 5.10. The number of halogens is 1. The summed E-state index contributed by atoms with van der Waals surface area (Å²) in [6.45, 7) is 0.950. The van der Waals surface area contributed by atoms with Crippen LogP contribution in [0.5, 0.6) is 0 Å². The summed E-state index contributed by atoms with van der Waals surface area (Å²) in [5.74, 6) is 0. The Morgan fingerprint density at radius 1 is 1.23 bits per heavy atom. The first-order chi connectivity index (χ1) is 10.8. The number of aromatic nitrogens is 1. The van der Waals surface area contributed by atoms with Gasteiger partial charge in [-0.3, -0.25) is 0 Å². The van der Waals surface area contributed by atoms with Crippen LogP contribution in [-0.2, 0) is 0 Å². The van der Waals surface area contributed by atoms with E-state index in [0.29, 0.717) is 5.57 Å². The summed E-state index contributed by atoms with van der Waals surface area (Å²) in [4.78, 5) is 4.67. The number of thiazole rings is 1. The van der Waals surface area contributed by atoms with E-state index in [-0.39, 0.29) is 0 Å². The fourth-order valence-electron chi connectivity index (χ4n) is 2.53. The maximum absolute atomic E-state index is 9.55. The molecule has 112 valence electrons. The number of hydrogen-bond acceptors (Lipinski definition) is 4. The van der Waals surface area contributed by atoms with Crippen molar-refractivity contribution in [2.75, 3.05) is 6.54 Å². The minimum Gasteiger partial charge on any atom is -0.387 e. The number of nitrogens with zero attached hydrogens (tertiary/aromatic N) is 2. The molecular weight excluding hydrogens is 358 g/mol. The van der Waals surface area contributed by atoms with Crippen LogP contribution in [0.15, 0.2) is 39.8 Å². The predicted octanol–water partition coefficient (Wildman–Crippen LogP) is 4.97. The normalized spacial score (nSPS) is 17.3. The third-order valence-electron chi connectivity index (χ3n) is 3.71. The molecule has 1 fully saturated rings. The number of nitrogens with one attached hydrogen (secondary N) is 1. The molecule has 0 aliphatic carbocycles. The van der Waals surface area contributed by atoms with Gasteiger partial charge in [0.25, 0.3) is 0 Å². The van der Waals surface area contributed by atoms with E-state index in [9.17, 15) is 5.26 Å². The van der Waals surface area contributed by atoms with Gasteiger partial charge in [0.05, 0.1) is 5.69 Å². The van der Waals surface area contributed by atoms with Crippen LogP contribution in [0, 0.1) is 11.3 Å². The highest BCUT2D eigenvalue weighted by atomic mass is 79.9. The number of benzene rings is 1. The third kappa shape index (κ3) is 3.40. The average Bonchev–Trinajstić information content (AvgIpc) is 2.85. The van der Waals surface area contributed by atoms with E-state index in [1.54, 1.807) is 0 Å². The lowest BCUT2D eigenvalue weighted by molar-refractivity contribution is 0.721. The van der Waals surface area contributed by atoms with E-state index in [2.05, 4.69) is 32.3 Å². The first kappa shape index (κ1) is 15.3. The molecule has 0 atom stereocenters. The van der Waals surface area contributed by atoms with Gasteiger partial charge in [0.1, 0.15) is 16.6 Å². The van der Waals surface area contributed by atoms with Gasteiger partial charge in [-0.2, -0.15) is 5.26 Å². The lowest BCUT2D eigenvalue weighted by atomic mass is 10.1. The monoisotopic (exact) mass is 373 g/mol. The Bertz CT molecular complexity index is 715. The van der Waals surface area contributed by atoms with Gasteiger partial charge >= 0.3 is 0 Å². The van der Waals surface area contributed by atoms with E-state index in [4.69, 9.17) is 0 Å². The Morgan fingerprint density at radius 3 is 2.82 bits per heavy atom. The number of rotatable bonds is 2. The molecular formula is C17H16BrN3S. The molecule has 22 heavy (non-hydrogen) atoms. The zero-order chi connectivity index (χ0) is 15.4. The van der Waals surface area contributed by atoms with Crippen LogP contribution in [0.1, 0.15) is 30.7 Å². The van der Waals surface area contributed by atoms with E-state index >= 15 is 0 Å². The molecule has 0 radical (unpaired) electrons. The van der Waals surface area contributed by atoms with Crippen LogP contribution in [0.25, 0.3) is 16.8 Å². The van der Waals surface area contributed by atoms with Crippen molar-refractivity contribution in [1.29, 1.82) is 5.26 Å². The van der Waals surface area contributed by atoms with Crippen LogP contribution in [0.4, 0.5) is 0 Å². The first-order valence-corrected chi connectivity index (χ1v) is 9.04. The minimum atomic E-state index is 0.704. The summed E-state index contributed by atoms with van der Waals surface area (Å²) in [5, 5.41) is 15.8. The molecule has 0 unspecified atom stereocenters. The molecule has 0 bridgehead atoms. The summed E-state index contributed by atoms with van der Waals surface area (Å²) in [6, 6.07) is 10.4. The van der Waals surface area contributed by atoms with Crippen molar-refractivity contribution in [3.05, 3.63) is 44.8 Å². The van der Waals surface area contributed by atoms with Crippen molar-refractivity contribution in [3.8, 4) is 17.3 Å². The Morgan fingerprint density at radius 2 is 2.05 bits per heavy atom. The highest BCUT2D eigenvalue weighted by Crippen LogP contribution is 2.29. The molecule has 3 rings (SSSR count). The molecule has 0 spiro atoms. The molecule has 5 heteroatoms. The summed E-state index contributed by atoms with van der Waals surface area (Å²) in [7, 11) is 0. The molecule has 3 nitrogen and oxygen atoms in total. The number of hydrogen-bond donors (Lipinski definition) is 1. The molecule has 1 N–H and O–H groups in total. The predicted molar refractivity (Wildman–Crippen MR) is 94.3 cm³/mol. The first-order valence-electron chi connectivity index (χ1n) is 7.37. The number of nitriles is 1. The largest absolute Gasteiger partial charge is 0.387 e. The smallest absolute Gasteiger partial charge is 0.136 e. The molecule has 1 aromatic carbocycles. The van der Waals surface area contributed by atoms with E-state index < -0.39 is 0 Å². The van der Waals surface area contributed by atoms with Gasteiger partial charge in [0, 0.05) is 27.7 Å². The molecule has 1 aliphatic heterocycles. The van der Waals surface area contributed by atoms with Gasteiger partial charge in [-0.15, -0.1) is 11.3 Å². The van der Waals surface area contributed by atoms with Gasteiger partial charge in [0.2, 0.25) is 0 Å². The molecule has 2 aromatic rings. The molecule has 0 amide bonds. The maximum Gasteiger partial charge on any atom is 0.136 e. The van der Waals surface area contributed by atoms with Crippen molar-refractivity contribution < 1.29 is 0 Å². The van der Waals surface area contributed by atoms with Crippen LogP contribution >= 0.6 is 27.3 Å². The lowest BCUT2D eigenvalue weighted by Crippen LogP contribution is -2.13. The fraction of sp³-hybridized carbons (Fsp3) is 0.294. The van der Waals surface area contributed by atoms with Crippen LogP contribution < -0.4 is 5.32 Å². The van der Waals surface area contributed by atoms with E-state index in [1.165, 1.54) is 24.2 Å². The van der Waals surface area contributed by atoms with Gasteiger partial charge in [-0.25, -0.2) is 4.98 Å². The van der Waals surface area contributed by atoms with E-state index in [0.717, 1.165) is 45.8 Å². The minimum absolute atomic E-state index is 0.704. The lowest BCUT2D eigenvalue weighted by Gasteiger charge is -2.07. The summed E-state index contributed by atoms with van der Waals surface area (Å²) >= 11 is 4.98. The fourth-order valence-corrected chi connectivity index (χ4v) is 3.64. The Kier molecular flexibility index (Phi) is 4.91. The maximum atomic E-state index is 9.55. The highest BCUT2D eigenvalue weighted by molar-refractivity contribution is 9.10. The quantitative estimate of drug-likeness (QED) is 0.755. The van der Waals surface area contributed by atoms with Crippen molar-refractivity contribution in [1.82, 2.24) is 10.3 Å². The van der Waals surface area contributed by atoms with Crippen LogP contribution in [0.3, 0.4) is 0 Å². The second-order valence-corrected chi connectivity index (χ2v) is 7.02. The summed E-state index contributed by atoms with van der Waals surface area (Å²) in [5.41, 5.74) is 3.75. The average molecular weight is 374 g/mol.